The third-order valence-corrected chi connectivity index (χ3v) is 2.20. The highest BCUT2D eigenvalue weighted by molar-refractivity contribution is 5.99. The summed E-state index contributed by atoms with van der Waals surface area (Å²) in [5.74, 6) is 0.297. The molecule has 0 saturated carbocycles. The lowest BCUT2D eigenvalue weighted by Gasteiger charge is -2.06. The summed E-state index contributed by atoms with van der Waals surface area (Å²) in [6.07, 6.45) is 1.37. The maximum Gasteiger partial charge on any atom is 0.253 e. The number of aromatic amines is 1. The van der Waals surface area contributed by atoms with Gasteiger partial charge in [0.05, 0.1) is 12.1 Å². The van der Waals surface area contributed by atoms with Crippen molar-refractivity contribution in [2.75, 3.05) is 11.5 Å². The van der Waals surface area contributed by atoms with Crippen LogP contribution in [0.3, 0.4) is 0 Å². The topological polar surface area (TPSA) is 123 Å². The van der Waals surface area contributed by atoms with E-state index >= 15 is 0 Å². The molecule has 0 spiro atoms. The number of carbonyl (C=O) groups is 1. The number of anilines is 2. The van der Waals surface area contributed by atoms with Crippen LogP contribution >= 0.6 is 0 Å². The normalized spacial score (nSPS) is 10.1. The predicted molar refractivity (Wildman–Crippen MR) is 62.8 cm³/mol. The van der Waals surface area contributed by atoms with Gasteiger partial charge in [-0.15, -0.1) is 0 Å². The van der Waals surface area contributed by atoms with Gasteiger partial charge in [0.1, 0.15) is 12.2 Å². The van der Waals surface area contributed by atoms with Crippen LogP contribution in [0.1, 0.15) is 16.2 Å². The lowest BCUT2D eigenvalue weighted by Crippen LogP contribution is -2.24. The van der Waals surface area contributed by atoms with Gasteiger partial charge >= 0.3 is 0 Å². The molecular formula is C10H12N6O. The van der Waals surface area contributed by atoms with E-state index in [4.69, 9.17) is 11.5 Å². The fourth-order valence-corrected chi connectivity index (χ4v) is 1.36. The zero-order valence-electron chi connectivity index (χ0n) is 8.97. The molecule has 1 heterocycles. The van der Waals surface area contributed by atoms with Crippen molar-refractivity contribution in [1.29, 1.82) is 0 Å². The molecular weight excluding hydrogens is 220 g/mol. The molecule has 0 atom stereocenters. The van der Waals surface area contributed by atoms with Crippen LogP contribution in [0.2, 0.25) is 0 Å². The number of rotatable bonds is 3. The second kappa shape index (κ2) is 4.52. The highest BCUT2D eigenvalue weighted by atomic mass is 16.1. The van der Waals surface area contributed by atoms with Gasteiger partial charge in [-0.25, -0.2) is 4.98 Å². The van der Waals surface area contributed by atoms with Crippen LogP contribution in [0.15, 0.2) is 24.5 Å². The molecule has 0 bridgehead atoms. The minimum atomic E-state index is -0.279. The van der Waals surface area contributed by atoms with Crippen LogP contribution in [-0.4, -0.2) is 21.1 Å². The van der Waals surface area contributed by atoms with Gasteiger partial charge in [-0.1, -0.05) is 0 Å². The number of nitrogens with zero attached hydrogens (tertiary/aromatic N) is 2. The zero-order valence-corrected chi connectivity index (χ0v) is 8.97. The van der Waals surface area contributed by atoms with Gasteiger partial charge in [0.15, 0.2) is 0 Å². The summed E-state index contributed by atoms with van der Waals surface area (Å²) >= 11 is 0. The minimum absolute atomic E-state index is 0.267. The highest BCUT2D eigenvalue weighted by Crippen LogP contribution is 2.15. The summed E-state index contributed by atoms with van der Waals surface area (Å²) in [5, 5.41) is 8.98. The molecule has 0 unspecified atom stereocenters. The van der Waals surface area contributed by atoms with E-state index in [1.54, 1.807) is 18.2 Å². The monoisotopic (exact) mass is 232 g/mol. The summed E-state index contributed by atoms with van der Waals surface area (Å²) in [4.78, 5) is 15.7. The molecule has 17 heavy (non-hydrogen) atoms. The number of nitrogens with one attached hydrogen (secondary N) is 2. The van der Waals surface area contributed by atoms with Crippen molar-refractivity contribution < 1.29 is 4.79 Å². The molecule has 7 nitrogen and oxygen atoms in total. The van der Waals surface area contributed by atoms with Crippen molar-refractivity contribution in [2.45, 2.75) is 6.54 Å². The van der Waals surface area contributed by atoms with E-state index in [-0.39, 0.29) is 12.5 Å². The van der Waals surface area contributed by atoms with E-state index in [1.807, 2.05) is 0 Å². The second-order valence-corrected chi connectivity index (χ2v) is 3.46. The van der Waals surface area contributed by atoms with E-state index in [0.717, 1.165) is 0 Å². The van der Waals surface area contributed by atoms with Crippen molar-refractivity contribution in [2.24, 2.45) is 0 Å². The molecule has 2 rings (SSSR count). The maximum absolute atomic E-state index is 11.8. The van der Waals surface area contributed by atoms with Crippen LogP contribution in [0, 0.1) is 0 Å². The van der Waals surface area contributed by atoms with Crippen LogP contribution in [0.5, 0.6) is 0 Å². The lowest BCUT2D eigenvalue weighted by molar-refractivity contribution is 0.0951. The summed E-state index contributed by atoms with van der Waals surface area (Å²) in [6.45, 7) is 0.267. The number of H-pyrrole nitrogens is 1. The van der Waals surface area contributed by atoms with Crippen LogP contribution in [0.4, 0.5) is 11.4 Å². The Kier molecular flexibility index (Phi) is 2.91. The molecule has 6 N–H and O–H groups in total. The van der Waals surface area contributed by atoms with E-state index < -0.39 is 0 Å². The molecule has 1 aromatic carbocycles. The first-order chi connectivity index (χ1) is 8.16. The number of benzene rings is 1. The molecule has 0 radical (unpaired) electrons. The average molecular weight is 232 g/mol. The molecule has 0 aliphatic rings. The number of aromatic nitrogens is 3. The largest absolute Gasteiger partial charge is 0.399 e. The van der Waals surface area contributed by atoms with Crippen molar-refractivity contribution in [1.82, 2.24) is 20.5 Å². The summed E-state index contributed by atoms with van der Waals surface area (Å²) in [7, 11) is 0. The standard InChI is InChI=1S/C10H12N6O/c11-6-1-2-7(8(12)3-6)10(17)13-4-9-14-5-15-16-9/h1-3,5H,4,11-12H2,(H,13,17)(H,14,15,16). The van der Waals surface area contributed by atoms with Gasteiger partial charge < -0.3 is 16.8 Å². The Morgan fingerprint density at radius 1 is 1.41 bits per heavy atom. The predicted octanol–water partition coefficient (Wildman–Crippen LogP) is -0.101. The Balaban J connectivity index is 2.04. The molecule has 0 aliphatic carbocycles. The van der Waals surface area contributed by atoms with Crippen molar-refractivity contribution in [3.8, 4) is 0 Å². The zero-order chi connectivity index (χ0) is 12.3. The number of amides is 1. The first-order valence-electron chi connectivity index (χ1n) is 4.94. The molecule has 0 saturated heterocycles. The Labute approximate surface area is 97.2 Å². The number of nitrogens with two attached hydrogens (primary N) is 2. The van der Waals surface area contributed by atoms with Crippen LogP contribution in [-0.2, 0) is 6.54 Å². The molecule has 7 heteroatoms. The fourth-order valence-electron chi connectivity index (χ4n) is 1.36. The average Bonchev–Trinajstić information content (AvgIpc) is 2.78. The van der Waals surface area contributed by atoms with Gasteiger partial charge in [0, 0.05) is 11.4 Å². The summed E-state index contributed by atoms with van der Waals surface area (Å²) in [6, 6.07) is 4.75. The smallest absolute Gasteiger partial charge is 0.253 e. The Hall–Kier alpha value is -2.57. The Morgan fingerprint density at radius 3 is 2.88 bits per heavy atom. The summed E-state index contributed by atoms with van der Waals surface area (Å²) < 4.78 is 0. The van der Waals surface area contributed by atoms with Gasteiger partial charge in [0.2, 0.25) is 0 Å². The van der Waals surface area contributed by atoms with E-state index in [0.29, 0.717) is 22.8 Å². The molecule has 88 valence electrons. The minimum Gasteiger partial charge on any atom is -0.399 e. The Morgan fingerprint density at radius 2 is 2.24 bits per heavy atom. The highest BCUT2D eigenvalue weighted by Gasteiger charge is 2.09. The number of hydrogen-bond donors (Lipinski definition) is 4. The van der Waals surface area contributed by atoms with Gasteiger partial charge in [-0.05, 0) is 18.2 Å². The molecule has 1 aromatic heterocycles. The van der Waals surface area contributed by atoms with E-state index in [2.05, 4.69) is 20.5 Å². The number of hydrogen-bond acceptors (Lipinski definition) is 5. The van der Waals surface area contributed by atoms with E-state index in [1.165, 1.54) is 6.33 Å². The number of nitrogen functional groups attached to an aromatic ring is 2. The fraction of sp³-hybridized carbons (Fsp3) is 0.100. The molecule has 0 fully saturated rings. The lowest BCUT2D eigenvalue weighted by atomic mass is 10.1. The van der Waals surface area contributed by atoms with Crippen molar-refractivity contribution in [3.05, 3.63) is 35.9 Å². The second-order valence-electron chi connectivity index (χ2n) is 3.46. The first-order valence-corrected chi connectivity index (χ1v) is 4.94. The van der Waals surface area contributed by atoms with Crippen LogP contribution in [0.25, 0.3) is 0 Å². The van der Waals surface area contributed by atoms with Gasteiger partial charge in [0.25, 0.3) is 5.91 Å². The first kappa shape index (κ1) is 10.9. The SMILES string of the molecule is Nc1ccc(C(=O)NCc2ncn[nH]2)c(N)c1. The van der Waals surface area contributed by atoms with Gasteiger partial charge in [-0.3, -0.25) is 9.89 Å². The Bertz CT molecular complexity index is 522. The van der Waals surface area contributed by atoms with Crippen molar-refractivity contribution >= 4 is 17.3 Å². The van der Waals surface area contributed by atoms with E-state index in [9.17, 15) is 4.79 Å². The quantitative estimate of drug-likeness (QED) is 0.550. The molecule has 2 aromatic rings. The third kappa shape index (κ3) is 2.51. The summed E-state index contributed by atoms with van der Waals surface area (Å²) in [5.41, 5.74) is 12.5. The maximum atomic E-state index is 11.8. The van der Waals surface area contributed by atoms with Gasteiger partial charge in [-0.2, -0.15) is 5.10 Å². The van der Waals surface area contributed by atoms with Crippen LogP contribution < -0.4 is 16.8 Å². The van der Waals surface area contributed by atoms with Crippen molar-refractivity contribution in [3.63, 3.8) is 0 Å². The molecule has 1 amide bonds. The molecule has 0 aliphatic heterocycles. The number of carbonyl (C=O) groups excluding carboxylic acids is 1. The third-order valence-electron chi connectivity index (χ3n) is 2.20.